The van der Waals surface area contributed by atoms with Crippen LogP contribution in [0.25, 0.3) is 0 Å². The molecule has 0 saturated carbocycles. The van der Waals surface area contributed by atoms with Crippen LogP contribution in [-0.2, 0) is 9.53 Å². The lowest BCUT2D eigenvalue weighted by Crippen LogP contribution is -2.46. The molecule has 3 rings (SSSR count). The highest BCUT2D eigenvalue weighted by Gasteiger charge is 2.33. The highest BCUT2D eigenvalue weighted by Crippen LogP contribution is 2.31. The lowest BCUT2D eigenvalue weighted by atomic mass is 9.94. The fourth-order valence-corrected chi connectivity index (χ4v) is 3.21. The van der Waals surface area contributed by atoms with E-state index in [9.17, 15) is 9.59 Å². The maximum Gasteiger partial charge on any atom is 0.338 e. The average Bonchev–Trinajstić information content (AvgIpc) is 2.67. The summed E-state index contributed by atoms with van der Waals surface area (Å²) < 4.78 is 11.3. The Morgan fingerprint density at radius 2 is 1.83 bits per heavy atom. The van der Waals surface area contributed by atoms with Crippen LogP contribution in [0.3, 0.4) is 0 Å². The van der Waals surface area contributed by atoms with E-state index in [0.717, 1.165) is 16.9 Å². The molecule has 2 N–H and O–H groups in total. The van der Waals surface area contributed by atoms with Crippen molar-refractivity contribution < 1.29 is 19.1 Å². The highest BCUT2D eigenvalue weighted by molar-refractivity contribution is 5.95. The number of amides is 2. The summed E-state index contributed by atoms with van der Waals surface area (Å²) in [5.74, 6) is 0.988. The molecule has 29 heavy (non-hydrogen) atoms. The quantitative estimate of drug-likeness (QED) is 0.693. The average molecular weight is 394 g/mol. The fraction of sp³-hybridized carbons (Fsp3) is 0.304. The molecule has 0 aliphatic carbocycles. The minimum absolute atomic E-state index is 0.253. The molecule has 0 aromatic heterocycles. The van der Waals surface area contributed by atoms with Crippen molar-refractivity contribution in [2.24, 2.45) is 0 Å². The van der Waals surface area contributed by atoms with Crippen LogP contribution in [0.15, 0.2) is 59.8 Å². The molecule has 1 unspecified atom stereocenters. The second-order valence-corrected chi connectivity index (χ2v) is 7.22. The van der Waals surface area contributed by atoms with E-state index in [4.69, 9.17) is 9.47 Å². The molecular formula is C23H26N2O4. The monoisotopic (exact) mass is 394 g/mol. The van der Waals surface area contributed by atoms with Gasteiger partial charge in [0.1, 0.15) is 11.5 Å². The number of esters is 1. The van der Waals surface area contributed by atoms with E-state index in [0.29, 0.717) is 23.4 Å². The molecule has 2 amide bonds. The van der Waals surface area contributed by atoms with Crippen LogP contribution in [0, 0.1) is 6.92 Å². The number of nitrogens with one attached hydrogen (secondary N) is 2. The van der Waals surface area contributed by atoms with Gasteiger partial charge in [0, 0.05) is 5.70 Å². The van der Waals surface area contributed by atoms with E-state index in [1.807, 2.05) is 62.4 Å². The van der Waals surface area contributed by atoms with Crippen molar-refractivity contribution in [3.8, 4) is 11.5 Å². The van der Waals surface area contributed by atoms with Gasteiger partial charge in [-0.25, -0.2) is 9.59 Å². The Hall–Kier alpha value is -3.28. The Labute approximate surface area is 170 Å². The molecule has 1 aliphatic rings. The summed E-state index contributed by atoms with van der Waals surface area (Å²) in [6.45, 7) is 7.49. The van der Waals surface area contributed by atoms with Crippen LogP contribution >= 0.6 is 0 Å². The first-order valence-electron chi connectivity index (χ1n) is 9.73. The summed E-state index contributed by atoms with van der Waals surface area (Å²) in [5.41, 5.74) is 2.89. The molecule has 1 aliphatic heterocycles. The summed E-state index contributed by atoms with van der Waals surface area (Å²) in [6, 6.07) is 14.2. The molecule has 1 atom stereocenters. The molecule has 2 aromatic carbocycles. The van der Waals surface area contributed by atoms with Gasteiger partial charge in [0.2, 0.25) is 0 Å². The van der Waals surface area contributed by atoms with E-state index in [2.05, 4.69) is 10.6 Å². The minimum atomic E-state index is -0.585. The van der Waals surface area contributed by atoms with Gasteiger partial charge in [0.25, 0.3) is 0 Å². The van der Waals surface area contributed by atoms with Crippen molar-refractivity contribution in [2.75, 3.05) is 0 Å². The molecule has 0 saturated heterocycles. The topological polar surface area (TPSA) is 76.7 Å². The Morgan fingerprint density at radius 3 is 2.45 bits per heavy atom. The van der Waals surface area contributed by atoms with Crippen LogP contribution < -0.4 is 15.4 Å². The number of carbonyl (C=O) groups excluding carboxylic acids is 2. The Kier molecular flexibility index (Phi) is 6.22. The van der Waals surface area contributed by atoms with Crippen LogP contribution in [0.5, 0.6) is 11.5 Å². The van der Waals surface area contributed by atoms with Gasteiger partial charge in [-0.3, -0.25) is 0 Å². The number of aryl methyl sites for hydroxylation is 1. The number of allylic oxidation sites excluding steroid dienone is 1. The van der Waals surface area contributed by atoms with E-state index in [1.54, 1.807) is 13.8 Å². The fourth-order valence-electron chi connectivity index (χ4n) is 3.21. The van der Waals surface area contributed by atoms with E-state index in [1.165, 1.54) is 0 Å². The van der Waals surface area contributed by atoms with E-state index >= 15 is 0 Å². The molecule has 6 nitrogen and oxygen atoms in total. The number of benzene rings is 2. The molecule has 0 spiro atoms. The number of hydrogen-bond donors (Lipinski definition) is 2. The van der Waals surface area contributed by atoms with Gasteiger partial charge in [-0.15, -0.1) is 0 Å². The number of rotatable bonds is 6. The van der Waals surface area contributed by atoms with Gasteiger partial charge in [0.15, 0.2) is 0 Å². The zero-order chi connectivity index (χ0) is 21.0. The largest absolute Gasteiger partial charge is 0.459 e. The van der Waals surface area contributed by atoms with Gasteiger partial charge in [-0.1, -0.05) is 31.2 Å². The third-order valence-electron chi connectivity index (χ3n) is 4.51. The number of ether oxygens (including phenoxy) is 2. The lowest BCUT2D eigenvalue weighted by molar-refractivity contribution is -0.143. The maximum atomic E-state index is 12.7. The first-order valence-corrected chi connectivity index (χ1v) is 9.73. The molecular weight excluding hydrogens is 368 g/mol. The summed E-state index contributed by atoms with van der Waals surface area (Å²) >= 11 is 0. The van der Waals surface area contributed by atoms with Crippen LogP contribution in [0.2, 0.25) is 0 Å². The molecule has 152 valence electrons. The summed E-state index contributed by atoms with van der Waals surface area (Å²) in [5, 5.41) is 5.55. The number of carbonyl (C=O) groups is 2. The van der Waals surface area contributed by atoms with E-state index < -0.39 is 12.0 Å². The Bertz CT molecular complexity index is 932. The zero-order valence-corrected chi connectivity index (χ0v) is 17.1. The van der Waals surface area contributed by atoms with Gasteiger partial charge in [0.05, 0.1) is 17.7 Å². The van der Waals surface area contributed by atoms with Gasteiger partial charge in [-0.05, 0) is 62.6 Å². The van der Waals surface area contributed by atoms with Gasteiger partial charge < -0.3 is 20.1 Å². The van der Waals surface area contributed by atoms with Crippen LogP contribution in [0.1, 0.15) is 44.4 Å². The van der Waals surface area contributed by atoms with E-state index in [-0.39, 0.29) is 12.1 Å². The SMILES string of the molecule is CCC1=C(C(=O)OC(C)C)C(c2ccc(Oc3cccc(C)c3)cc2)NC(=O)N1. The number of hydrogen-bond acceptors (Lipinski definition) is 4. The first kappa shape index (κ1) is 20.5. The third kappa shape index (κ3) is 4.96. The second-order valence-electron chi connectivity index (χ2n) is 7.22. The van der Waals surface area contributed by atoms with Crippen molar-refractivity contribution in [3.05, 3.63) is 70.9 Å². The molecule has 2 aromatic rings. The lowest BCUT2D eigenvalue weighted by Gasteiger charge is -2.29. The molecule has 0 radical (unpaired) electrons. The predicted molar refractivity (Wildman–Crippen MR) is 111 cm³/mol. The van der Waals surface area contributed by atoms with Crippen LogP contribution in [0.4, 0.5) is 4.79 Å². The Morgan fingerprint density at radius 1 is 1.10 bits per heavy atom. The smallest absolute Gasteiger partial charge is 0.338 e. The normalized spacial score (nSPS) is 16.3. The van der Waals surface area contributed by atoms with Crippen molar-refractivity contribution in [1.82, 2.24) is 10.6 Å². The van der Waals surface area contributed by atoms with Crippen LogP contribution in [-0.4, -0.2) is 18.1 Å². The van der Waals surface area contributed by atoms with Gasteiger partial charge in [-0.2, -0.15) is 0 Å². The molecule has 0 fully saturated rings. The second kappa shape index (κ2) is 8.82. The third-order valence-corrected chi connectivity index (χ3v) is 4.51. The van der Waals surface area contributed by atoms with Crippen molar-refractivity contribution in [1.29, 1.82) is 0 Å². The summed E-state index contributed by atoms with van der Waals surface area (Å²) in [4.78, 5) is 24.8. The first-order chi connectivity index (χ1) is 13.9. The molecule has 1 heterocycles. The Balaban J connectivity index is 1.88. The molecule has 6 heteroatoms. The van der Waals surface area contributed by atoms with Crippen molar-refractivity contribution in [3.63, 3.8) is 0 Å². The minimum Gasteiger partial charge on any atom is -0.459 e. The number of urea groups is 1. The van der Waals surface area contributed by atoms with Crippen molar-refractivity contribution >= 4 is 12.0 Å². The summed E-state index contributed by atoms with van der Waals surface area (Å²) in [6.07, 6.45) is 0.262. The predicted octanol–water partition coefficient (Wildman–Crippen LogP) is 4.76. The van der Waals surface area contributed by atoms with Gasteiger partial charge >= 0.3 is 12.0 Å². The molecule has 0 bridgehead atoms. The highest BCUT2D eigenvalue weighted by atomic mass is 16.5. The standard InChI is InChI=1S/C23H26N2O4/c1-5-19-20(22(26)28-14(2)3)21(25-23(27)24-19)16-9-11-17(12-10-16)29-18-8-6-7-15(4)13-18/h6-14,21H,5H2,1-4H3,(H2,24,25,27). The maximum absolute atomic E-state index is 12.7. The van der Waals surface area contributed by atoms with Crippen molar-refractivity contribution in [2.45, 2.75) is 46.3 Å². The summed E-state index contributed by atoms with van der Waals surface area (Å²) in [7, 11) is 0. The zero-order valence-electron chi connectivity index (χ0n) is 17.1.